The Kier molecular flexibility index (Phi) is 5.55. The Hall–Kier alpha value is -2.09. The van der Waals surface area contributed by atoms with E-state index in [1.807, 2.05) is 0 Å². The third kappa shape index (κ3) is 4.57. The second-order valence-corrected chi connectivity index (χ2v) is 10.1. The standard InChI is InChI=1S/C21H27N3O4S/c1-13(25)22-19(12-29-18-4-2-3-17(8-18)24(27)28)20(26)23-21-9-14-5-15(10-21)7-16(6-14)11-21/h2-4,8,14-16,19H,5-7,9-12H2,1H3,(H,22,25)(H,23,26). The van der Waals surface area contributed by atoms with Gasteiger partial charge in [0.1, 0.15) is 6.04 Å². The van der Waals surface area contributed by atoms with Gasteiger partial charge in [0.15, 0.2) is 0 Å². The highest BCUT2D eigenvalue weighted by Gasteiger charge is 2.51. The van der Waals surface area contributed by atoms with Crippen LogP contribution in [0.3, 0.4) is 0 Å². The Labute approximate surface area is 174 Å². The molecule has 4 bridgehead atoms. The van der Waals surface area contributed by atoms with Crippen molar-refractivity contribution in [2.45, 2.75) is 61.9 Å². The van der Waals surface area contributed by atoms with Gasteiger partial charge in [-0.2, -0.15) is 0 Å². The Balaban J connectivity index is 1.42. The van der Waals surface area contributed by atoms with Gasteiger partial charge in [0.2, 0.25) is 11.8 Å². The van der Waals surface area contributed by atoms with Crippen LogP contribution in [0.15, 0.2) is 29.2 Å². The van der Waals surface area contributed by atoms with E-state index in [1.54, 1.807) is 12.1 Å². The largest absolute Gasteiger partial charge is 0.349 e. The molecule has 0 radical (unpaired) electrons. The minimum Gasteiger partial charge on any atom is -0.349 e. The molecule has 0 heterocycles. The predicted octanol–water partition coefficient (Wildman–Crippen LogP) is 3.28. The van der Waals surface area contributed by atoms with Crippen molar-refractivity contribution in [1.29, 1.82) is 0 Å². The normalized spacial score (nSPS) is 30.6. The zero-order valence-electron chi connectivity index (χ0n) is 16.6. The lowest BCUT2D eigenvalue weighted by atomic mass is 9.53. The number of nitrogens with one attached hydrogen (secondary N) is 2. The van der Waals surface area contributed by atoms with Crippen LogP contribution in [0.1, 0.15) is 45.4 Å². The van der Waals surface area contributed by atoms with Gasteiger partial charge < -0.3 is 10.6 Å². The van der Waals surface area contributed by atoms with Crippen LogP contribution >= 0.6 is 11.8 Å². The van der Waals surface area contributed by atoms with Gasteiger partial charge in [0.25, 0.3) is 5.69 Å². The van der Waals surface area contributed by atoms with E-state index in [9.17, 15) is 19.7 Å². The van der Waals surface area contributed by atoms with Crippen LogP contribution in [0, 0.1) is 27.9 Å². The van der Waals surface area contributed by atoms with Crippen molar-refractivity contribution in [2.24, 2.45) is 17.8 Å². The molecule has 0 saturated heterocycles. The number of hydrogen-bond donors (Lipinski definition) is 2. The first-order chi connectivity index (χ1) is 13.8. The summed E-state index contributed by atoms with van der Waals surface area (Å²) in [5.41, 5.74) is -0.0947. The molecule has 1 atom stereocenters. The number of hydrogen-bond acceptors (Lipinski definition) is 5. The van der Waals surface area contributed by atoms with Crippen LogP contribution in [0.5, 0.6) is 0 Å². The van der Waals surface area contributed by atoms with E-state index in [0.717, 1.165) is 37.0 Å². The number of nitrogens with zero attached hydrogens (tertiary/aromatic N) is 1. The minimum atomic E-state index is -0.662. The highest BCUT2D eigenvalue weighted by atomic mass is 32.2. The van der Waals surface area contributed by atoms with Crippen molar-refractivity contribution >= 4 is 29.3 Å². The number of non-ortho nitro benzene ring substituents is 1. The molecule has 8 heteroatoms. The minimum absolute atomic E-state index is 0.0177. The first-order valence-electron chi connectivity index (χ1n) is 10.3. The fourth-order valence-electron chi connectivity index (χ4n) is 5.91. The topological polar surface area (TPSA) is 101 Å². The average molecular weight is 418 g/mol. The lowest BCUT2D eigenvalue weighted by Gasteiger charge is -2.57. The maximum absolute atomic E-state index is 13.1. The van der Waals surface area contributed by atoms with Crippen molar-refractivity contribution in [1.82, 2.24) is 10.6 Å². The predicted molar refractivity (Wildman–Crippen MR) is 110 cm³/mol. The third-order valence-corrected chi connectivity index (χ3v) is 7.65. The number of carbonyl (C=O) groups excluding carboxylic acids is 2. The van der Waals surface area contributed by atoms with E-state index in [0.29, 0.717) is 10.6 Å². The molecular formula is C21H27N3O4S. The first-order valence-corrected chi connectivity index (χ1v) is 11.3. The Morgan fingerprint density at radius 3 is 2.38 bits per heavy atom. The smallest absolute Gasteiger partial charge is 0.270 e. The van der Waals surface area contributed by atoms with Gasteiger partial charge >= 0.3 is 0 Å². The number of nitro groups is 1. The summed E-state index contributed by atoms with van der Waals surface area (Å²) in [5.74, 6) is 2.11. The molecule has 29 heavy (non-hydrogen) atoms. The molecule has 0 spiro atoms. The molecule has 1 unspecified atom stereocenters. The fourth-order valence-corrected chi connectivity index (χ4v) is 6.88. The number of carbonyl (C=O) groups is 2. The van der Waals surface area contributed by atoms with Crippen LogP contribution in [0.25, 0.3) is 0 Å². The van der Waals surface area contributed by atoms with E-state index in [2.05, 4.69) is 10.6 Å². The quantitative estimate of drug-likeness (QED) is 0.403. The molecule has 4 aliphatic carbocycles. The van der Waals surface area contributed by atoms with Gasteiger partial charge in [0, 0.05) is 35.2 Å². The zero-order chi connectivity index (χ0) is 20.6. The molecule has 4 saturated carbocycles. The Bertz CT molecular complexity index is 793. The molecular weight excluding hydrogens is 390 g/mol. The molecule has 5 rings (SSSR count). The number of amides is 2. The van der Waals surface area contributed by atoms with E-state index >= 15 is 0 Å². The van der Waals surface area contributed by atoms with Crippen molar-refractivity contribution in [2.75, 3.05) is 5.75 Å². The Morgan fingerprint density at radius 1 is 1.21 bits per heavy atom. The van der Waals surface area contributed by atoms with E-state index in [1.165, 1.54) is 50.1 Å². The molecule has 1 aromatic carbocycles. The molecule has 7 nitrogen and oxygen atoms in total. The molecule has 0 aliphatic heterocycles. The maximum Gasteiger partial charge on any atom is 0.270 e. The van der Waals surface area contributed by atoms with Crippen LogP contribution in [-0.2, 0) is 9.59 Å². The lowest BCUT2D eigenvalue weighted by molar-refractivity contribution is -0.385. The highest BCUT2D eigenvalue weighted by Crippen LogP contribution is 2.55. The molecule has 156 valence electrons. The second kappa shape index (κ2) is 7.97. The van der Waals surface area contributed by atoms with E-state index in [-0.39, 0.29) is 23.0 Å². The van der Waals surface area contributed by atoms with Gasteiger partial charge in [-0.25, -0.2) is 0 Å². The first kappa shape index (κ1) is 20.2. The van der Waals surface area contributed by atoms with Gasteiger partial charge in [-0.05, 0) is 62.3 Å². The summed E-state index contributed by atoms with van der Waals surface area (Å²) in [6, 6.07) is 5.68. The molecule has 2 amide bonds. The molecule has 1 aromatic rings. The lowest BCUT2D eigenvalue weighted by Crippen LogP contribution is -2.63. The third-order valence-electron chi connectivity index (χ3n) is 6.57. The van der Waals surface area contributed by atoms with Crippen LogP contribution < -0.4 is 10.6 Å². The highest BCUT2D eigenvalue weighted by molar-refractivity contribution is 7.99. The molecule has 4 fully saturated rings. The van der Waals surface area contributed by atoms with Crippen molar-refractivity contribution < 1.29 is 14.5 Å². The van der Waals surface area contributed by atoms with Gasteiger partial charge in [-0.3, -0.25) is 19.7 Å². The summed E-state index contributed by atoms with van der Waals surface area (Å²) in [7, 11) is 0. The number of nitro benzene ring substituents is 1. The van der Waals surface area contributed by atoms with Crippen LogP contribution in [0.4, 0.5) is 5.69 Å². The second-order valence-electron chi connectivity index (χ2n) is 9.01. The van der Waals surface area contributed by atoms with Gasteiger partial charge in [0.05, 0.1) is 4.92 Å². The van der Waals surface area contributed by atoms with E-state index in [4.69, 9.17) is 0 Å². The number of thioether (sulfide) groups is 1. The van der Waals surface area contributed by atoms with Gasteiger partial charge in [-0.1, -0.05) is 6.07 Å². The molecule has 2 N–H and O–H groups in total. The van der Waals surface area contributed by atoms with Crippen molar-refractivity contribution in [3.8, 4) is 0 Å². The van der Waals surface area contributed by atoms with E-state index < -0.39 is 11.0 Å². The van der Waals surface area contributed by atoms with Crippen molar-refractivity contribution in [3.63, 3.8) is 0 Å². The summed E-state index contributed by atoms with van der Waals surface area (Å²) >= 11 is 1.34. The summed E-state index contributed by atoms with van der Waals surface area (Å²) in [4.78, 5) is 36.0. The van der Waals surface area contributed by atoms with Crippen LogP contribution in [-0.4, -0.2) is 34.1 Å². The molecule has 0 aromatic heterocycles. The summed E-state index contributed by atoms with van der Waals surface area (Å²) < 4.78 is 0. The monoisotopic (exact) mass is 417 g/mol. The SMILES string of the molecule is CC(=O)NC(CSc1cccc([N+](=O)[O-])c1)C(=O)NC12CC3CC(CC(C3)C1)C2. The maximum atomic E-state index is 13.1. The average Bonchev–Trinajstić information content (AvgIpc) is 2.63. The Morgan fingerprint density at radius 2 is 1.83 bits per heavy atom. The van der Waals surface area contributed by atoms with Crippen LogP contribution in [0.2, 0.25) is 0 Å². The summed E-state index contributed by atoms with van der Waals surface area (Å²) in [6.07, 6.45) is 7.05. The summed E-state index contributed by atoms with van der Waals surface area (Å²) in [5, 5.41) is 17.1. The summed E-state index contributed by atoms with van der Waals surface area (Å²) in [6.45, 7) is 1.41. The fraction of sp³-hybridized carbons (Fsp3) is 0.619. The van der Waals surface area contributed by atoms with Crippen molar-refractivity contribution in [3.05, 3.63) is 34.4 Å². The molecule has 4 aliphatic rings. The zero-order valence-corrected chi connectivity index (χ0v) is 17.4. The number of rotatable bonds is 7. The van der Waals surface area contributed by atoms with Gasteiger partial charge in [-0.15, -0.1) is 11.8 Å². The number of benzene rings is 1.